The molecule has 0 saturated carbocycles. The minimum Gasteiger partial charge on any atom is -0.445 e. The van der Waals surface area contributed by atoms with Gasteiger partial charge in [0.2, 0.25) is 5.78 Å². The summed E-state index contributed by atoms with van der Waals surface area (Å²) in [4.78, 5) is 36.8. The number of ketones is 1. The van der Waals surface area contributed by atoms with Crippen molar-refractivity contribution in [1.82, 2.24) is 9.97 Å². The van der Waals surface area contributed by atoms with E-state index in [0.717, 1.165) is 32.6 Å². The van der Waals surface area contributed by atoms with Gasteiger partial charge in [0, 0.05) is 21.9 Å². The number of aromatic nitrogens is 2. The Morgan fingerprint density at radius 3 is 1.68 bits per heavy atom. The molecule has 7 rings (SSSR count). The van der Waals surface area contributed by atoms with Crippen molar-refractivity contribution in [1.29, 1.82) is 0 Å². The Hall–Kier alpha value is -5.42. The molecule has 0 radical (unpaired) electrons. The van der Waals surface area contributed by atoms with Crippen molar-refractivity contribution in [2.75, 3.05) is 0 Å². The Balaban J connectivity index is 1.32. The van der Waals surface area contributed by atoms with Crippen LogP contribution in [0.25, 0.3) is 43.6 Å². The van der Waals surface area contributed by atoms with Gasteiger partial charge in [-0.1, -0.05) is 109 Å². The molecule has 0 aliphatic heterocycles. The average Bonchev–Trinajstić information content (AvgIpc) is 3.03. The first-order valence-electron chi connectivity index (χ1n) is 13.0. The third-order valence-electron chi connectivity index (χ3n) is 7.18. The molecule has 0 saturated heterocycles. The molecule has 0 spiro atoms. The first-order chi connectivity index (χ1) is 19.7. The molecule has 0 aliphatic carbocycles. The number of hydrogen-bond acceptors (Lipinski definition) is 5. The van der Waals surface area contributed by atoms with Crippen LogP contribution in [-0.2, 0) is 4.74 Å². The molecule has 6 aromatic carbocycles. The van der Waals surface area contributed by atoms with Crippen LogP contribution in [0.2, 0.25) is 0 Å². The summed E-state index contributed by atoms with van der Waals surface area (Å²) >= 11 is 0. The summed E-state index contributed by atoms with van der Waals surface area (Å²) in [7, 11) is 0. The highest BCUT2D eigenvalue weighted by Crippen LogP contribution is 2.34. The number of carbonyl (C=O) groups is 2. The van der Waals surface area contributed by atoms with Crippen LogP contribution in [0.4, 0.5) is 0 Å². The third-order valence-corrected chi connectivity index (χ3v) is 7.18. The van der Waals surface area contributed by atoms with Gasteiger partial charge in [-0.2, -0.15) is 0 Å². The molecule has 7 aromatic rings. The topological polar surface area (TPSA) is 69.2 Å². The lowest BCUT2D eigenvalue weighted by molar-refractivity contribution is 0.0280. The van der Waals surface area contributed by atoms with E-state index in [1.165, 1.54) is 0 Å². The van der Waals surface area contributed by atoms with Crippen LogP contribution in [0.5, 0.6) is 0 Å². The number of Topliss-reactive ketones (excluding diaryl/α,β-unsaturated/α-hetero) is 1. The van der Waals surface area contributed by atoms with Gasteiger partial charge in [-0.25, -0.2) is 14.8 Å². The van der Waals surface area contributed by atoms with E-state index in [9.17, 15) is 9.59 Å². The summed E-state index contributed by atoms with van der Waals surface area (Å²) in [6.45, 7) is 0. The van der Waals surface area contributed by atoms with E-state index in [-0.39, 0.29) is 5.78 Å². The molecule has 0 fully saturated rings. The van der Waals surface area contributed by atoms with Crippen molar-refractivity contribution in [2.24, 2.45) is 0 Å². The fraction of sp³-hybridized carbons (Fsp3) is 0.0286. The maximum Gasteiger partial charge on any atom is 0.339 e. The normalized spacial score (nSPS) is 12.1. The van der Waals surface area contributed by atoms with Gasteiger partial charge < -0.3 is 4.74 Å². The van der Waals surface area contributed by atoms with Crippen LogP contribution >= 0.6 is 0 Å². The number of hydrogen-bond donors (Lipinski definition) is 0. The Labute approximate surface area is 229 Å². The molecule has 5 heteroatoms. The fourth-order valence-electron chi connectivity index (χ4n) is 5.24. The lowest BCUT2D eigenvalue weighted by atomic mass is 9.99. The Bertz CT molecular complexity index is 2070. The quantitative estimate of drug-likeness (QED) is 0.100. The van der Waals surface area contributed by atoms with Crippen LogP contribution in [0, 0.1) is 0 Å². The molecular formula is C35H22N2O3. The molecule has 0 N–H and O–H groups in total. The molecule has 0 aliphatic rings. The van der Waals surface area contributed by atoms with E-state index in [2.05, 4.69) is 18.2 Å². The number of carbonyl (C=O) groups excluding carboxylic acids is 2. The van der Waals surface area contributed by atoms with Crippen molar-refractivity contribution < 1.29 is 14.3 Å². The van der Waals surface area contributed by atoms with Gasteiger partial charge in [-0.05, 0) is 29.0 Å². The minimum atomic E-state index is -1.08. The summed E-state index contributed by atoms with van der Waals surface area (Å²) in [5, 5.41) is 4.24. The third kappa shape index (κ3) is 4.05. The first-order valence-corrected chi connectivity index (χ1v) is 13.0. The van der Waals surface area contributed by atoms with Gasteiger partial charge >= 0.3 is 5.97 Å². The lowest BCUT2D eigenvalue weighted by Gasteiger charge is -2.18. The standard InChI is InChI=1S/C35H22N2O3/c38-33(22-11-3-1-4-12-22)34(23-13-5-2-6-14-23)40-35(39)24-19-20-29-30(21-24)37-32-28-18-10-8-16-26(28)25-15-7-9-17-27(25)31(32)36-29/h1-21,34H/t34-/m1/s1. The van der Waals surface area contributed by atoms with E-state index < -0.39 is 12.1 Å². The van der Waals surface area contributed by atoms with E-state index in [4.69, 9.17) is 14.7 Å². The van der Waals surface area contributed by atoms with Crippen molar-refractivity contribution in [3.63, 3.8) is 0 Å². The van der Waals surface area contributed by atoms with Gasteiger partial charge in [-0.15, -0.1) is 0 Å². The van der Waals surface area contributed by atoms with Gasteiger partial charge in [0.1, 0.15) is 0 Å². The average molecular weight is 519 g/mol. The zero-order chi connectivity index (χ0) is 27.1. The maximum atomic E-state index is 13.4. The highest BCUT2D eigenvalue weighted by atomic mass is 16.5. The first kappa shape index (κ1) is 23.7. The minimum absolute atomic E-state index is 0.287. The van der Waals surface area contributed by atoms with Gasteiger partial charge in [0.05, 0.1) is 27.6 Å². The van der Waals surface area contributed by atoms with E-state index in [1.807, 2.05) is 54.6 Å². The van der Waals surface area contributed by atoms with Crippen molar-refractivity contribution in [2.45, 2.75) is 6.10 Å². The molecule has 190 valence electrons. The Morgan fingerprint density at radius 1 is 0.525 bits per heavy atom. The summed E-state index contributed by atoms with van der Waals surface area (Å²) in [6, 6.07) is 39.4. The highest BCUT2D eigenvalue weighted by Gasteiger charge is 2.27. The predicted octanol–water partition coefficient (Wildman–Crippen LogP) is 7.87. The number of rotatable bonds is 5. The van der Waals surface area contributed by atoms with E-state index in [0.29, 0.717) is 27.7 Å². The lowest BCUT2D eigenvalue weighted by Crippen LogP contribution is -2.20. The number of esters is 1. The van der Waals surface area contributed by atoms with E-state index >= 15 is 0 Å². The summed E-state index contributed by atoms with van der Waals surface area (Å²) in [6.07, 6.45) is -1.08. The summed E-state index contributed by atoms with van der Waals surface area (Å²) < 4.78 is 5.87. The van der Waals surface area contributed by atoms with E-state index in [1.54, 1.807) is 54.6 Å². The van der Waals surface area contributed by atoms with Crippen LogP contribution in [0.15, 0.2) is 127 Å². The number of nitrogens with zero attached hydrogens (tertiary/aromatic N) is 2. The summed E-state index contributed by atoms with van der Waals surface area (Å²) in [5.74, 6) is -0.893. The van der Waals surface area contributed by atoms with Crippen LogP contribution in [0.3, 0.4) is 0 Å². The van der Waals surface area contributed by atoms with Crippen molar-refractivity contribution in [3.8, 4) is 0 Å². The maximum absolute atomic E-state index is 13.4. The molecule has 0 bridgehead atoms. The van der Waals surface area contributed by atoms with Crippen molar-refractivity contribution in [3.05, 3.63) is 144 Å². The number of ether oxygens (including phenoxy) is 1. The SMILES string of the molecule is O=C(O[C@@H](C(=O)c1ccccc1)c1ccccc1)c1ccc2nc3c4ccccc4c4ccccc4c3nc2c1. The van der Waals surface area contributed by atoms with Crippen LogP contribution in [0.1, 0.15) is 32.4 Å². The van der Waals surface area contributed by atoms with Gasteiger partial charge in [0.25, 0.3) is 0 Å². The second-order valence-electron chi connectivity index (χ2n) is 9.64. The predicted molar refractivity (Wildman–Crippen MR) is 157 cm³/mol. The molecule has 40 heavy (non-hydrogen) atoms. The molecule has 5 nitrogen and oxygen atoms in total. The monoisotopic (exact) mass is 518 g/mol. The Kier molecular flexibility index (Phi) is 5.75. The van der Waals surface area contributed by atoms with Crippen LogP contribution < -0.4 is 0 Å². The molecule has 0 amide bonds. The molecule has 0 unspecified atom stereocenters. The molecule has 1 atom stereocenters. The summed E-state index contributed by atoms with van der Waals surface area (Å²) in [5.41, 5.74) is 4.21. The molecular weight excluding hydrogens is 496 g/mol. The second kappa shape index (κ2) is 9.71. The van der Waals surface area contributed by atoms with Gasteiger partial charge in [0.15, 0.2) is 6.10 Å². The number of fused-ring (bicyclic) bond motifs is 7. The van der Waals surface area contributed by atoms with Crippen LogP contribution in [-0.4, -0.2) is 21.7 Å². The smallest absolute Gasteiger partial charge is 0.339 e. The second-order valence-corrected chi connectivity index (χ2v) is 9.64. The molecule has 1 heterocycles. The van der Waals surface area contributed by atoms with Crippen molar-refractivity contribution >= 4 is 55.4 Å². The highest BCUT2D eigenvalue weighted by molar-refractivity contribution is 6.23. The fourth-order valence-corrected chi connectivity index (χ4v) is 5.24. The zero-order valence-corrected chi connectivity index (χ0v) is 21.3. The Morgan fingerprint density at radius 2 is 1.05 bits per heavy atom. The molecule has 1 aromatic heterocycles. The zero-order valence-electron chi connectivity index (χ0n) is 21.3. The largest absolute Gasteiger partial charge is 0.445 e. The number of benzene rings is 6. The van der Waals surface area contributed by atoms with Gasteiger partial charge in [-0.3, -0.25) is 4.79 Å².